The molecule has 3 nitrogen and oxygen atoms in total. The minimum absolute atomic E-state index is 0.857. The van der Waals surface area contributed by atoms with Gasteiger partial charge in [-0.15, -0.1) is 0 Å². The molecule has 0 bridgehead atoms. The number of halogens is 1. The maximum absolute atomic E-state index is 6.32. The lowest BCUT2D eigenvalue weighted by molar-refractivity contribution is 0.669. The van der Waals surface area contributed by atoms with Crippen LogP contribution in [0, 0.1) is 0 Å². The van der Waals surface area contributed by atoms with Crippen LogP contribution in [0.3, 0.4) is 0 Å². The van der Waals surface area contributed by atoms with Crippen molar-refractivity contribution in [2.75, 3.05) is 4.90 Å². The van der Waals surface area contributed by atoms with Gasteiger partial charge in [0.25, 0.3) is 0 Å². The Hall–Kier alpha value is -5.06. The van der Waals surface area contributed by atoms with Crippen molar-refractivity contribution >= 4 is 82.8 Å². The molecule has 4 heteroatoms. The summed E-state index contributed by atoms with van der Waals surface area (Å²) in [6.07, 6.45) is 1.87. The molecular formula is C38H25BrN2O. The molecule has 0 aliphatic carbocycles. The molecule has 8 rings (SSSR count). The summed E-state index contributed by atoms with van der Waals surface area (Å²) >= 11 is 3.61. The maximum Gasteiger partial charge on any atom is 0.137 e. The number of anilines is 3. The average Bonchev–Trinajstić information content (AvgIpc) is 3.56. The molecule has 0 radical (unpaired) electrons. The Morgan fingerprint density at radius 3 is 2.12 bits per heavy atom. The van der Waals surface area contributed by atoms with Gasteiger partial charge in [0, 0.05) is 54.8 Å². The average molecular weight is 606 g/mol. The first-order chi connectivity index (χ1) is 20.7. The Kier molecular flexibility index (Phi) is 5.76. The molecule has 42 heavy (non-hydrogen) atoms. The van der Waals surface area contributed by atoms with E-state index in [0.29, 0.717) is 0 Å². The lowest BCUT2D eigenvalue weighted by Crippen LogP contribution is -2.09. The number of hydrogen-bond donors (Lipinski definition) is 0. The fourth-order valence-electron chi connectivity index (χ4n) is 6.04. The monoisotopic (exact) mass is 604 g/mol. The van der Waals surface area contributed by atoms with E-state index in [0.717, 1.165) is 54.7 Å². The van der Waals surface area contributed by atoms with Crippen LogP contribution in [0.4, 0.5) is 17.1 Å². The molecule has 0 fully saturated rings. The van der Waals surface area contributed by atoms with Crippen molar-refractivity contribution in [3.8, 4) is 5.69 Å². The summed E-state index contributed by atoms with van der Waals surface area (Å²) in [6, 6.07) is 47.1. The number of rotatable bonds is 5. The van der Waals surface area contributed by atoms with Crippen LogP contribution in [0.2, 0.25) is 0 Å². The van der Waals surface area contributed by atoms with Crippen molar-refractivity contribution in [3.05, 3.63) is 150 Å². The molecule has 0 aliphatic rings. The van der Waals surface area contributed by atoms with Gasteiger partial charge in [0.1, 0.15) is 11.2 Å². The fraction of sp³-hybridized carbons (Fsp3) is 0. The maximum atomic E-state index is 6.32. The van der Waals surface area contributed by atoms with Crippen LogP contribution in [-0.2, 0) is 0 Å². The van der Waals surface area contributed by atoms with Crippen LogP contribution < -0.4 is 4.90 Å². The largest absolute Gasteiger partial charge is 0.456 e. The lowest BCUT2D eigenvalue weighted by atomic mass is 10.1. The Morgan fingerprint density at radius 1 is 0.571 bits per heavy atom. The number of aromatic nitrogens is 1. The summed E-state index contributed by atoms with van der Waals surface area (Å²) in [4.78, 5) is 2.30. The first-order valence-corrected chi connectivity index (χ1v) is 14.7. The predicted octanol–water partition coefficient (Wildman–Crippen LogP) is 11.6. The summed E-state index contributed by atoms with van der Waals surface area (Å²) in [5.41, 5.74) is 9.48. The molecule has 0 amide bonds. The van der Waals surface area contributed by atoms with Crippen molar-refractivity contribution < 1.29 is 4.42 Å². The summed E-state index contributed by atoms with van der Waals surface area (Å²) in [5, 5.41) is 4.62. The topological polar surface area (TPSA) is 21.3 Å². The highest BCUT2D eigenvalue weighted by Gasteiger charge is 2.18. The van der Waals surface area contributed by atoms with E-state index in [1.54, 1.807) is 0 Å². The normalized spacial score (nSPS) is 11.5. The van der Waals surface area contributed by atoms with Crippen LogP contribution in [-0.4, -0.2) is 4.57 Å². The van der Waals surface area contributed by atoms with E-state index in [1.807, 2.05) is 18.2 Å². The van der Waals surface area contributed by atoms with Crippen LogP contribution in [0.1, 0.15) is 5.56 Å². The van der Waals surface area contributed by atoms with Gasteiger partial charge in [0.15, 0.2) is 0 Å². The van der Waals surface area contributed by atoms with Crippen LogP contribution in [0.15, 0.2) is 149 Å². The van der Waals surface area contributed by atoms with E-state index < -0.39 is 0 Å². The number of furan rings is 1. The predicted molar refractivity (Wildman–Crippen MR) is 181 cm³/mol. The van der Waals surface area contributed by atoms with Crippen molar-refractivity contribution in [1.29, 1.82) is 0 Å². The number of para-hydroxylation sites is 2. The molecular weight excluding hydrogens is 580 g/mol. The number of nitrogens with zero attached hydrogens (tertiary/aromatic N) is 2. The van der Waals surface area contributed by atoms with Gasteiger partial charge in [-0.25, -0.2) is 0 Å². The third-order valence-corrected chi connectivity index (χ3v) is 8.48. The SMILES string of the molecule is C=Cc1ccc(N(c2ccc3c(c2)oc2ccc(Br)cc23)c2ccc3c(c2)c2ccccc2n3-c2ccccc2)cc1. The third kappa shape index (κ3) is 3.95. The Bertz CT molecular complexity index is 2280. The molecule has 0 spiro atoms. The zero-order valence-electron chi connectivity index (χ0n) is 22.7. The second kappa shape index (κ2) is 9.79. The lowest BCUT2D eigenvalue weighted by Gasteiger charge is -2.26. The second-order valence-corrected chi connectivity index (χ2v) is 11.4. The van der Waals surface area contributed by atoms with Crippen molar-refractivity contribution in [2.45, 2.75) is 0 Å². The fourth-order valence-corrected chi connectivity index (χ4v) is 6.40. The molecule has 8 aromatic rings. The molecule has 0 saturated heterocycles. The smallest absolute Gasteiger partial charge is 0.137 e. The minimum Gasteiger partial charge on any atom is -0.456 e. The number of hydrogen-bond acceptors (Lipinski definition) is 2. The van der Waals surface area contributed by atoms with E-state index >= 15 is 0 Å². The van der Waals surface area contributed by atoms with Gasteiger partial charge >= 0.3 is 0 Å². The van der Waals surface area contributed by atoms with Crippen molar-refractivity contribution in [3.63, 3.8) is 0 Å². The molecule has 0 saturated carbocycles. The molecule has 0 N–H and O–H groups in total. The van der Waals surface area contributed by atoms with Gasteiger partial charge < -0.3 is 13.9 Å². The van der Waals surface area contributed by atoms with E-state index in [1.165, 1.54) is 21.8 Å². The van der Waals surface area contributed by atoms with Crippen molar-refractivity contribution in [2.24, 2.45) is 0 Å². The molecule has 6 aromatic carbocycles. The highest BCUT2D eigenvalue weighted by molar-refractivity contribution is 9.10. The second-order valence-electron chi connectivity index (χ2n) is 10.4. The van der Waals surface area contributed by atoms with Gasteiger partial charge in [0.05, 0.1) is 11.0 Å². The zero-order chi connectivity index (χ0) is 28.2. The first kappa shape index (κ1) is 24.7. The van der Waals surface area contributed by atoms with Crippen LogP contribution in [0.25, 0.3) is 55.5 Å². The van der Waals surface area contributed by atoms with Gasteiger partial charge in [-0.3, -0.25) is 0 Å². The van der Waals surface area contributed by atoms with E-state index in [-0.39, 0.29) is 0 Å². The molecule has 0 unspecified atom stereocenters. The standard InChI is InChI=1S/C38H25BrN2O/c1-2-25-12-15-28(16-13-25)40(30-17-19-32-34-22-26(39)14-21-37(34)42-38(32)24-30)29-18-20-36-33(23-29)31-10-6-7-11-35(31)41(36)27-8-4-3-5-9-27/h2-24H,1H2. The van der Waals surface area contributed by atoms with E-state index in [9.17, 15) is 0 Å². The van der Waals surface area contributed by atoms with E-state index in [4.69, 9.17) is 4.42 Å². The quantitative estimate of drug-likeness (QED) is 0.195. The zero-order valence-corrected chi connectivity index (χ0v) is 24.3. The summed E-state index contributed by atoms with van der Waals surface area (Å²) in [6.45, 7) is 3.94. The van der Waals surface area contributed by atoms with Crippen LogP contribution >= 0.6 is 15.9 Å². The first-order valence-electron chi connectivity index (χ1n) is 13.9. The van der Waals surface area contributed by atoms with Gasteiger partial charge in [-0.05, 0) is 84.4 Å². The highest BCUT2D eigenvalue weighted by Crippen LogP contribution is 2.41. The Labute approximate surface area is 251 Å². The molecule has 2 aromatic heterocycles. The highest BCUT2D eigenvalue weighted by atomic mass is 79.9. The molecule has 0 atom stereocenters. The van der Waals surface area contributed by atoms with Crippen molar-refractivity contribution in [1.82, 2.24) is 4.57 Å². The number of benzene rings is 6. The molecule has 0 aliphatic heterocycles. The van der Waals surface area contributed by atoms with Gasteiger partial charge in [-0.1, -0.05) is 77.1 Å². The summed E-state index contributed by atoms with van der Waals surface area (Å²) < 4.78 is 9.70. The number of fused-ring (bicyclic) bond motifs is 6. The molecule has 200 valence electrons. The molecule has 2 heterocycles. The Morgan fingerprint density at radius 2 is 1.29 bits per heavy atom. The minimum atomic E-state index is 0.857. The summed E-state index contributed by atoms with van der Waals surface area (Å²) in [7, 11) is 0. The van der Waals surface area contributed by atoms with Gasteiger partial charge in [-0.2, -0.15) is 0 Å². The van der Waals surface area contributed by atoms with E-state index in [2.05, 4.69) is 153 Å². The van der Waals surface area contributed by atoms with Crippen LogP contribution in [0.5, 0.6) is 0 Å². The van der Waals surface area contributed by atoms with Gasteiger partial charge in [0.2, 0.25) is 0 Å². The summed E-state index contributed by atoms with van der Waals surface area (Å²) in [5.74, 6) is 0. The third-order valence-electron chi connectivity index (χ3n) is 7.99. The Balaban J connectivity index is 1.36.